The first-order chi connectivity index (χ1) is 8.35. The third-order valence-electron chi connectivity index (χ3n) is 2.93. The number of ether oxygens (including phenoxy) is 2. The van der Waals surface area contributed by atoms with Gasteiger partial charge in [0.15, 0.2) is 0 Å². The summed E-state index contributed by atoms with van der Waals surface area (Å²) in [5.74, 6) is -0.473. The largest absolute Gasteiger partial charge is 0.467 e. The molecule has 0 bridgehead atoms. The van der Waals surface area contributed by atoms with E-state index in [0.717, 1.165) is 12.8 Å². The maximum absolute atomic E-state index is 12.1. The van der Waals surface area contributed by atoms with Crippen molar-refractivity contribution in [2.45, 2.75) is 51.7 Å². The third-order valence-corrected chi connectivity index (χ3v) is 2.93. The highest BCUT2D eigenvalue weighted by Gasteiger charge is 2.33. The van der Waals surface area contributed by atoms with E-state index in [-0.39, 0.29) is 24.1 Å². The molecule has 0 aromatic rings. The van der Waals surface area contributed by atoms with Crippen LogP contribution >= 0.6 is 0 Å². The maximum atomic E-state index is 12.1. The van der Waals surface area contributed by atoms with Crippen molar-refractivity contribution in [3.8, 4) is 0 Å². The Kier molecular flexibility index (Phi) is 5.14. The van der Waals surface area contributed by atoms with Crippen LogP contribution in [0.1, 0.15) is 40.0 Å². The molecule has 1 unspecified atom stereocenters. The van der Waals surface area contributed by atoms with Crippen molar-refractivity contribution in [3.05, 3.63) is 0 Å². The molecule has 0 spiro atoms. The van der Waals surface area contributed by atoms with Crippen LogP contribution in [0.2, 0.25) is 0 Å². The zero-order valence-electron chi connectivity index (χ0n) is 11.7. The Hall–Kier alpha value is -1.10. The number of likely N-dealkylation sites (tertiary alicyclic amines) is 1. The minimum atomic E-state index is -0.445. The number of hydrogen-bond donors (Lipinski definition) is 0. The Morgan fingerprint density at radius 1 is 1.28 bits per heavy atom. The molecule has 1 aliphatic heterocycles. The van der Waals surface area contributed by atoms with Crippen molar-refractivity contribution in [1.82, 2.24) is 4.90 Å². The van der Waals surface area contributed by atoms with Gasteiger partial charge in [-0.15, -0.1) is 0 Å². The van der Waals surface area contributed by atoms with Crippen molar-refractivity contribution in [3.63, 3.8) is 0 Å². The number of amides is 1. The van der Waals surface area contributed by atoms with Gasteiger partial charge in [0.05, 0.1) is 12.7 Å². The van der Waals surface area contributed by atoms with Gasteiger partial charge < -0.3 is 14.4 Å². The molecule has 0 aliphatic carbocycles. The van der Waals surface area contributed by atoms with E-state index in [0.29, 0.717) is 13.0 Å². The fourth-order valence-corrected chi connectivity index (χ4v) is 1.97. The Labute approximate surface area is 108 Å². The highest BCUT2D eigenvalue weighted by Crippen LogP contribution is 2.19. The Morgan fingerprint density at radius 3 is 2.50 bits per heavy atom. The van der Waals surface area contributed by atoms with Gasteiger partial charge in [-0.25, -0.2) is 4.79 Å². The van der Waals surface area contributed by atoms with Crippen LogP contribution in [0.4, 0.5) is 0 Å². The van der Waals surface area contributed by atoms with E-state index in [1.165, 1.54) is 7.11 Å². The first-order valence-electron chi connectivity index (χ1n) is 6.36. The summed E-state index contributed by atoms with van der Waals surface area (Å²) >= 11 is 0. The molecule has 0 saturated carbocycles. The summed E-state index contributed by atoms with van der Waals surface area (Å²) in [5.41, 5.74) is -0.355. The molecule has 18 heavy (non-hydrogen) atoms. The van der Waals surface area contributed by atoms with E-state index in [2.05, 4.69) is 0 Å². The number of methoxy groups -OCH3 is 1. The molecule has 0 N–H and O–H groups in total. The summed E-state index contributed by atoms with van der Waals surface area (Å²) in [7, 11) is 1.35. The summed E-state index contributed by atoms with van der Waals surface area (Å²) in [6, 6.07) is -0.445. The van der Waals surface area contributed by atoms with Crippen LogP contribution in [-0.2, 0) is 19.1 Å². The molecule has 1 atom stereocenters. The highest BCUT2D eigenvalue weighted by molar-refractivity contribution is 5.85. The lowest BCUT2D eigenvalue weighted by Gasteiger charge is -2.34. The molecule has 1 rings (SSSR count). The van der Waals surface area contributed by atoms with Crippen molar-refractivity contribution >= 4 is 11.9 Å². The average molecular weight is 257 g/mol. The lowest BCUT2D eigenvalue weighted by atomic mass is 10.0. The quantitative estimate of drug-likeness (QED) is 0.716. The molecule has 5 nitrogen and oxygen atoms in total. The van der Waals surface area contributed by atoms with E-state index < -0.39 is 6.04 Å². The molecule has 0 radical (unpaired) electrons. The van der Waals surface area contributed by atoms with Gasteiger partial charge in [-0.1, -0.05) is 0 Å². The number of carbonyl (C=O) groups is 2. The molecule has 0 aromatic heterocycles. The van der Waals surface area contributed by atoms with Crippen molar-refractivity contribution in [2.75, 3.05) is 20.3 Å². The molecule has 1 fully saturated rings. The number of hydrogen-bond acceptors (Lipinski definition) is 4. The minimum absolute atomic E-state index is 0.0109. The van der Waals surface area contributed by atoms with Gasteiger partial charge in [0.1, 0.15) is 12.6 Å². The monoisotopic (exact) mass is 257 g/mol. The minimum Gasteiger partial charge on any atom is -0.467 e. The fraction of sp³-hybridized carbons (Fsp3) is 0.846. The molecule has 1 aliphatic rings. The zero-order valence-corrected chi connectivity index (χ0v) is 11.7. The van der Waals surface area contributed by atoms with Gasteiger partial charge in [-0.3, -0.25) is 4.79 Å². The van der Waals surface area contributed by atoms with Gasteiger partial charge in [0, 0.05) is 6.54 Å². The summed E-state index contributed by atoms with van der Waals surface area (Å²) in [5, 5.41) is 0. The predicted octanol–water partition coefficient (Wildman–Crippen LogP) is 1.36. The van der Waals surface area contributed by atoms with Crippen LogP contribution in [0.3, 0.4) is 0 Å². The maximum Gasteiger partial charge on any atom is 0.328 e. The lowest BCUT2D eigenvalue weighted by molar-refractivity contribution is -0.158. The second-order valence-electron chi connectivity index (χ2n) is 5.52. The standard InChI is InChI=1S/C13H23NO4/c1-13(2,3)18-9-11(15)14-8-6-5-7-10(14)12(16)17-4/h10H,5-9H2,1-4H3. The first-order valence-corrected chi connectivity index (χ1v) is 6.36. The molecule has 104 valence electrons. The van der Waals surface area contributed by atoms with Crippen LogP contribution in [-0.4, -0.2) is 48.7 Å². The normalized spacial score (nSPS) is 20.7. The molecule has 1 amide bonds. The first kappa shape index (κ1) is 15.0. The summed E-state index contributed by atoms with van der Waals surface area (Å²) in [6.45, 7) is 6.31. The van der Waals surface area contributed by atoms with E-state index >= 15 is 0 Å². The van der Waals surface area contributed by atoms with Crippen LogP contribution in [0.25, 0.3) is 0 Å². The van der Waals surface area contributed by atoms with E-state index in [4.69, 9.17) is 9.47 Å². The van der Waals surface area contributed by atoms with Gasteiger partial charge >= 0.3 is 5.97 Å². The number of piperidine rings is 1. The number of rotatable bonds is 3. The molecule has 1 heterocycles. The number of carbonyl (C=O) groups excluding carboxylic acids is 2. The number of nitrogens with zero attached hydrogens (tertiary/aromatic N) is 1. The van der Waals surface area contributed by atoms with Crippen molar-refractivity contribution in [2.24, 2.45) is 0 Å². The predicted molar refractivity (Wildman–Crippen MR) is 67.1 cm³/mol. The highest BCUT2D eigenvalue weighted by atomic mass is 16.5. The van der Waals surface area contributed by atoms with Gasteiger partial charge in [0.25, 0.3) is 0 Å². The molecular formula is C13H23NO4. The molecular weight excluding hydrogens is 234 g/mol. The van der Waals surface area contributed by atoms with Crippen LogP contribution < -0.4 is 0 Å². The SMILES string of the molecule is COC(=O)C1CCCCN1C(=O)COC(C)(C)C. The second kappa shape index (κ2) is 6.18. The van der Waals surface area contributed by atoms with Crippen LogP contribution in [0, 0.1) is 0 Å². The van der Waals surface area contributed by atoms with Gasteiger partial charge in [0.2, 0.25) is 5.91 Å². The zero-order chi connectivity index (χ0) is 13.8. The van der Waals surface area contributed by atoms with Crippen LogP contribution in [0.15, 0.2) is 0 Å². The Balaban J connectivity index is 2.60. The van der Waals surface area contributed by atoms with E-state index in [9.17, 15) is 9.59 Å². The third kappa shape index (κ3) is 4.29. The fourth-order valence-electron chi connectivity index (χ4n) is 1.97. The molecule has 0 aromatic carbocycles. The topological polar surface area (TPSA) is 55.8 Å². The van der Waals surface area contributed by atoms with Gasteiger partial charge in [-0.2, -0.15) is 0 Å². The van der Waals surface area contributed by atoms with E-state index in [1.54, 1.807) is 4.90 Å². The average Bonchev–Trinajstić information content (AvgIpc) is 2.34. The molecule has 5 heteroatoms. The van der Waals surface area contributed by atoms with E-state index in [1.807, 2.05) is 20.8 Å². The van der Waals surface area contributed by atoms with Crippen molar-refractivity contribution in [1.29, 1.82) is 0 Å². The van der Waals surface area contributed by atoms with Crippen molar-refractivity contribution < 1.29 is 19.1 Å². The Bertz CT molecular complexity index is 309. The van der Waals surface area contributed by atoms with Crippen LogP contribution in [0.5, 0.6) is 0 Å². The summed E-state index contributed by atoms with van der Waals surface area (Å²) in [4.78, 5) is 25.3. The second-order valence-corrected chi connectivity index (χ2v) is 5.52. The number of esters is 1. The van der Waals surface area contributed by atoms with Gasteiger partial charge in [-0.05, 0) is 40.0 Å². The Morgan fingerprint density at radius 2 is 1.94 bits per heavy atom. The summed E-state index contributed by atoms with van der Waals surface area (Å²) in [6.07, 6.45) is 2.55. The summed E-state index contributed by atoms with van der Waals surface area (Å²) < 4.78 is 10.2. The molecule has 1 saturated heterocycles. The smallest absolute Gasteiger partial charge is 0.328 e. The lowest BCUT2D eigenvalue weighted by Crippen LogP contribution is -2.50.